The molecule has 3 heterocycles. The van der Waals surface area contributed by atoms with Crippen LogP contribution in [0.3, 0.4) is 0 Å². The standard InChI is InChI=1S/C21H25N3O5S/c1-14(25)22-15-7-9-19(10-8-15)30(27,28)24-17-4-2-5-18(24)13-16(12-17)23-21(26)20-6-3-11-29-20/h3,6-11,16-18H,2,4-5,12-13H2,1H3,(H,22,25)(H,23,26)/t16?,17-,18+. The number of rotatable bonds is 5. The Morgan fingerprint density at radius 1 is 1.07 bits per heavy atom. The minimum absolute atomic E-state index is 0.0912. The quantitative estimate of drug-likeness (QED) is 0.757. The van der Waals surface area contributed by atoms with Crippen LogP contribution in [0, 0.1) is 0 Å². The Bertz CT molecular complexity index is 1000. The highest BCUT2D eigenvalue weighted by atomic mass is 32.2. The smallest absolute Gasteiger partial charge is 0.287 e. The van der Waals surface area contributed by atoms with E-state index in [9.17, 15) is 18.0 Å². The molecule has 2 N–H and O–H groups in total. The number of amides is 2. The molecule has 0 radical (unpaired) electrons. The highest BCUT2D eigenvalue weighted by Crippen LogP contribution is 2.38. The Kier molecular flexibility index (Phi) is 5.66. The summed E-state index contributed by atoms with van der Waals surface area (Å²) in [4.78, 5) is 23.7. The largest absolute Gasteiger partial charge is 0.459 e. The van der Waals surface area contributed by atoms with Gasteiger partial charge < -0.3 is 15.1 Å². The molecule has 2 fully saturated rings. The van der Waals surface area contributed by atoms with Gasteiger partial charge in [0.05, 0.1) is 11.2 Å². The Morgan fingerprint density at radius 3 is 2.30 bits per heavy atom. The normalized spacial score (nSPS) is 24.2. The van der Waals surface area contributed by atoms with Gasteiger partial charge in [-0.15, -0.1) is 0 Å². The van der Waals surface area contributed by atoms with E-state index in [2.05, 4.69) is 10.6 Å². The zero-order chi connectivity index (χ0) is 21.3. The molecule has 30 heavy (non-hydrogen) atoms. The maximum atomic E-state index is 13.4. The van der Waals surface area contributed by atoms with Gasteiger partial charge in [0.1, 0.15) is 0 Å². The van der Waals surface area contributed by atoms with Crippen molar-refractivity contribution in [1.82, 2.24) is 9.62 Å². The third-order valence-electron chi connectivity index (χ3n) is 5.74. The summed E-state index contributed by atoms with van der Waals surface area (Å²) in [5.74, 6) is -0.221. The van der Waals surface area contributed by atoms with E-state index in [4.69, 9.17) is 4.42 Å². The van der Waals surface area contributed by atoms with Gasteiger partial charge in [0.25, 0.3) is 5.91 Å². The molecule has 4 rings (SSSR count). The number of piperidine rings is 2. The Labute approximate surface area is 175 Å². The van der Waals surface area contributed by atoms with Gasteiger partial charge in [-0.25, -0.2) is 8.42 Å². The first kappa shape index (κ1) is 20.6. The molecule has 2 aromatic rings. The molecule has 0 saturated carbocycles. The molecule has 2 aliphatic heterocycles. The highest BCUT2D eigenvalue weighted by molar-refractivity contribution is 7.89. The van der Waals surface area contributed by atoms with Crippen molar-refractivity contribution in [2.45, 2.75) is 62.0 Å². The number of hydrogen-bond acceptors (Lipinski definition) is 5. The summed E-state index contributed by atoms with van der Waals surface area (Å²) in [6.45, 7) is 1.40. The second-order valence-corrected chi connectivity index (χ2v) is 9.74. The van der Waals surface area contributed by atoms with E-state index in [1.807, 2.05) is 0 Å². The summed E-state index contributed by atoms with van der Waals surface area (Å²) in [7, 11) is -3.67. The number of sulfonamides is 1. The van der Waals surface area contributed by atoms with Crippen molar-refractivity contribution in [2.24, 2.45) is 0 Å². The number of fused-ring (bicyclic) bond motifs is 2. The van der Waals surface area contributed by atoms with E-state index in [-0.39, 0.29) is 40.6 Å². The maximum Gasteiger partial charge on any atom is 0.287 e. The lowest BCUT2D eigenvalue weighted by Crippen LogP contribution is -2.58. The van der Waals surface area contributed by atoms with E-state index in [1.165, 1.54) is 25.3 Å². The fourth-order valence-electron chi connectivity index (χ4n) is 4.55. The van der Waals surface area contributed by atoms with E-state index < -0.39 is 10.0 Å². The number of anilines is 1. The molecule has 2 amide bonds. The first-order chi connectivity index (χ1) is 14.3. The van der Waals surface area contributed by atoms with E-state index in [0.717, 1.165) is 19.3 Å². The third-order valence-corrected chi connectivity index (χ3v) is 7.76. The van der Waals surface area contributed by atoms with Crippen molar-refractivity contribution in [1.29, 1.82) is 0 Å². The van der Waals surface area contributed by atoms with Gasteiger partial charge in [-0.2, -0.15) is 4.31 Å². The summed E-state index contributed by atoms with van der Waals surface area (Å²) < 4.78 is 33.6. The van der Waals surface area contributed by atoms with Crippen LogP contribution in [0.5, 0.6) is 0 Å². The van der Waals surface area contributed by atoms with Crippen molar-refractivity contribution >= 4 is 27.5 Å². The molecule has 2 bridgehead atoms. The number of benzene rings is 1. The second kappa shape index (κ2) is 8.23. The molecule has 0 spiro atoms. The van der Waals surface area contributed by atoms with Gasteiger partial charge in [-0.1, -0.05) is 6.42 Å². The van der Waals surface area contributed by atoms with Crippen LogP contribution in [0.15, 0.2) is 52.0 Å². The monoisotopic (exact) mass is 431 g/mol. The molecule has 2 saturated heterocycles. The van der Waals surface area contributed by atoms with Crippen LogP contribution in [0.4, 0.5) is 5.69 Å². The average molecular weight is 432 g/mol. The third kappa shape index (κ3) is 4.13. The molecule has 1 aromatic heterocycles. The fourth-order valence-corrected chi connectivity index (χ4v) is 6.44. The molecule has 160 valence electrons. The van der Waals surface area contributed by atoms with Gasteiger partial charge in [-0.3, -0.25) is 9.59 Å². The zero-order valence-corrected chi connectivity index (χ0v) is 17.5. The predicted octanol–water partition coefficient (Wildman–Crippen LogP) is 2.74. The summed E-state index contributed by atoms with van der Waals surface area (Å²) >= 11 is 0. The van der Waals surface area contributed by atoms with Gasteiger partial charge in [0, 0.05) is 30.7 Å². The second-order valence-electron chi connectivity index (χ2n) is 7.90. The van der Waals surface area contributed by atoms with Crippen LogP contribution in [0.1, 0.15) is 49.6 Å². The molecule has 0 aliphatic carbocycles. The molecule has 8 nitrogen and oxygen atoms in total. The molecular weight excluding hydrogens is 406 g/mol. The number of carbonyl (C=O) groups is 2. The molecular formula is C21H25N3O5S. The minimum atomic E-state index is -3.67. The van der Waals surface area contributed by atoms with Gasteiger partial charge in [0.15, 0.2) is 5.76 Å². The van der Waals surface area contributed by atoms with E-state index in [1.54, 1.807) is 28.6 Å². The van der Waals surface area contributed by atoms with Crippen molar-refractivity contribution in [2.75, 3.05) is 5.32 Å². The molecule has 9 heteroatoms. The number of hydrogen-bond donors (Lipinski definition) is 2. The fraction of sp³-hybridized carbons (Fsp3) is 0.429. The minimum Gasteiger partial charge on any atom is -0.459 e. The van der Waals surface area contributed by atoms with E-state index in [0.29, 0.717) is 18.5 Å². The van der Waals surface area contributed by atoms with Crippen molar-refractivity contribution in [3.8, 4) is 0 Å². The van der Waals surface area contributed by atoms with Crippen LogP contribution >= 0.6 is 0 Å². The van der Waals surface area contributed by atoms with Crippen LogP contribution in [-0.2, 0) is 14.8 Å². The van der Waals surface area contributed by atoms with Crippen molar-refractivity contribution in [3.05, 3.63) is 48.4 Å². The predicted molar refractivity (Wildman–Crippen MR) is 110 cm³/mol. The van der Waals surface area contributed by atoms with Crippen molar-refractivity contribution < 1.29 is 22.4 Å². The number of nitrogens with one attached hydrogen (secondary N) is 2. The van der Waals surface area contributed by atoms with Crippen LogP contribution in [0.25, 0.3) is 0 Å². The lowest BCUT2D eigenvalue weighted by Gasteiger charge is -2.47. The topological polar surface area (TPSA) is 109 Å². The number of furan rings is 1. The van der Waals surface area contributed by atoms with Crippen LogP contribution in [0.2, 0.25) is 0 Å². The molecule has 1 aromatic carbocycles. The highest BCUT2D eigenvalue weighted by Gasteiger charge is 2.45. The van der Waals surface area contributed by atoms with Gasteiger partial charge >= 0.3 is 0 Å². The number of nitrogens with zero attached hydrogens (tertiary/aromatic N) is 1. The Hall–Kier alpha value is -2.65. The van der Waals surface area contributed by atoms with Gasteiger partial charge in [-0.05, 0) is 62.1 Å². The average Bonchev–Trinajstić information content (AvgIpc) is 3.22. The molecule has 3 atom stereocenters. The Balaban J connectivity index is 1.50. The molecule has 1 unspecified atom stereocenters. The lowest BCUT2D eigenvalue weighted by molar-refractivity contribution is -0.114. The summed E-state index contributed by atoms with van der Waals surface area (Å²) in [6.07, 6.45) is 5.12. The maximum absolute atomic E-state index is 13.4. The Morgan fingerprint density at radius 2 is 1.73 bits per heavy atom. The first-order valence-corrected chi connectivity index (χ1v) is 11.5. The number of carbonyl (C=O) groups excluding carboxylic acids is 2. The first-order valence-electron chi connectivity index (χ1n) is 10.1. The summed E-state index contributed by atoms with van der Waals surface area (Å²) in [6, 6.07) is 9.13. The summed E-state index contributed by atoms with van der Waals surface area (Å²) in [5, 5.41) is 5.64. The van der Waals surface area contributed by atoms with Crippen molar-refractivity contribution in [3.63, 3.8) is 0 Å². The van der Waals surface area contributed by atoms with Gasteiger partial charge in [0.2, 0.25) is 15.9 Å². The SMILES string of the molecule is CC(=O)Nc1ccc(S(=O)(=O)N2[C@@H]3CCC[C@H]2CC(NC(=O)c2ccco2)C3)cc1. The lowest BCUT2D eigenvalue weighted by atomic mass is 9.84. The van der Waals surface area contributed by atoms with Crippen LogP contribution in [-0.4, -0.2) is 42.7 Å². The molecule has 2 aliphatic rings. The van der Waals surface area contributed by atoms with E-state index >= 15 is 0 Å². The van der Waals surface area contributed by atoms with Crippen LogP contribution < -0.4 is 10.6 Å². The zero-order valence-electron chi connectivity index (χ0n) is 16.7. The summed E-state index contributed by atoms with van der Waals surface area (Å²) in [5.41, 5.74) is 0.556.